The van der Waals surface area contributed by atoms with Gasteiger partial charge in [-0.25, -0.2) is 4.39 Å². The first kappa shape index (κ1) is 33.8. The van der Waals surface area contributed by atoms with Crippen molar-refractivity contribution >= 4 is 22.2 Å². The van der Waals surface area contributed by atoms with Gasteiger partial charge >= 0.3 is 0 Å². The molecule has 0 heterocycles. The molecule has 1 nitrogen and oxygen atoms in total. The number of halogens is 2. The zero-order valence-electron chi connectivity index (χ0n) is 17.3. The Hall–Kier alpha value is -0.700. The van der Waals surface area contributed by atoms with E-state index in [9.17, 15) is 4.39 Å². The number of hydrogen-bond donors (Lipinski definition) is 0. The van der Waals surface area contributed by atoms with Gasteiger partial charge in [0.1, 0.15) is 12.1 Å². The fourth-order valence-electron chi connectivity index (χ4n) is 0.601. The summed E-state index contributed by atoms with van der Waals surface area (Å²) >= 11 is 3.07. The van der Waals surface area contributed by atoms with Crippen molar-refractivity contribution in [2.24, 2.45) is 5.92 Å². The summed E-state index contributed by atoms with van der Waals surface area (Å²) in [6.07, 6.45) is 2.06. The maximum absolute atomic E-state index is 12.5. The molecule has 3 heteroatoms. The molecule has 0 fully saturated rings. The molecule has 0 unspecified atom stereocenters. The fraction of sp³-hybridized carbons (Fsp3) is 0.650. The van der Waals surface area contributed by atoms with Gasteiger partial charge in [-0.2, -0.15) is 0 Å². The van der Waals surface area contributed by atoms with Crippen molar-refractivity contribution in [2.75, 3.05) is 0 Å². The number of hydrogen-bond acceptors (Lipinski definition) is 1. The predicted molar refractivity (Wildman–Crippen MR) is 110 cm³/mol. The lowest BCUT2D eigenvalue weighted by atomic mass is 10.2. The second kappa shape index (κ2) is 33.0. The van der Waals surface area contributed by atoms with Gasteiger partial charge in [0, 0.05) is 0 Å². The van der Waals surface area contributed by atoms with E-state index in [4.69, 9.17) is 4.79 Å². The highest BCUT2D eigenvalue weighted by atomic mass is 79.9. The zero-order chi connectivity index (χ0) is 19.8. The van der Waals surface area contributed by atoms with Gasteiger partial charge in [-0.15, -0.1) is 0 Å². The highest BCUT2D eigenvalue weighted by Crippen LogP contribution is 2.15. The van der Waals surface area contributed by atoms with Crippen LogP contribution in [0, 0.1) is 18.7 Å². The standard InChI is InChI=1S/C7H6BrF.C5H12.C2H4O.3C2H6/c1-5-2-3-7(9)6(8)4-5;1-4-5(2)3;1-2-3;3*1-2/h2-4H,1H3;5H,4H2,1-3H3;2H,1H3;3*1-2H3. The van der Waals surface area contributed by atoms with E-state index in [2.05, 4.69) is 36.7 Å². The third-order valence-electron chi connectivity index (χ3n) is 1.89. The highest BCUT2D eigenvalue weighted by molar-refractivity contribution is 9.10. The third kappa shape index (κ3) is 38.8. The summed E-state index contributed by atoms with van der Waals surface area (Å²) < 4.78 is 13.0. The molecule has 1 aromatic rings. The van der Waals surface area contributed by atoms with Crippen LogP contribution in [0.5, 0.6) is 0 Å². The van der Waals surface area contributed by atoms with Gasteiger partial charge in [-0.1, -0.05) is 74.8 Å². The van der Waals surface area contributed by atoms with E-state index in [1.807, 2.05) is 48.5 Å². The average molecular weight is 395 g/mol. The highest BCUT2D eigenvalue weighted by Gasteiger charge is 1.94. The molecule has 0 radical (unpaired) electrons. The van der Waals surface area contributed by atoms with Crippen LogP contribution in [0.2, 0.25) is 0 Å². The molecular formula is C20H40BrFO. The van der Waals surface area contributed by atoms with Gasteiger partial charge in [0.05, 0.1) is 4.47 Å². The maximum Gasteiger partial charge on any atom is 0.137 e. The van der Waals surface area contributed by atoms with Crippen molar-refractivity contribution in [3.63, 3.8) is 0 Å². The minimum absolute atomic E-state index is 0.208. The summed E-state index contributed by atoms with van der Waals surface area (Å²) in [7, 11) is 0. The Morgan fingerprint density at radius 3 is 1.57 bits per heavy atom. The molecule has 0 spiro atoms. The Morgan fingerprint density at radius 2 is 1.39 bits per heavy atom. The molecule has 1 aromatic carbocycles. The van der Waals surface area contributed by atoms with Crippen molar-refractivity contribution in [3.8, 4) is 0 Å². The summed E-state index contributed by atoms with van der Waals surface area (Å²) in [4.78, 5) is 8.81. The summed E-state index contributed by atoms with van der Waals surface area (Å²) in [5.74, 6) is 0.676. The maximum atomic E-state index is 12.5. The van der Waals surface area contributed by atoms with Gasteiger partial charge < -0.3 is 4.79 Å². The van der Waals surface area contributed by atoms with Gasteiger partial charge in [0.2, 0.25) is 0 Å². The molecule has 23 heavy (non-hydrogen) atoms. The van der Waals surface area contributed by atoms with Crippen LogP contribution in [0.25, 0.3) is 0 Å². The van der Waals surface area contributed by atoms with E-state index in [0.717, 1.165) is 17.8 Å². The smallest absolute Gasteiger partial charge is 0.137 e. The number of rotatable bonds is 1. The Balaban J connectivity index is -0.0000000665. The number of aryl methyl sites for hydroxylation is 1. The van der Waals surface area contributed by atoms with Crippen molar-refractivity contribution < 1.29 is 9.18 Å². The molecule has 0 aliphatic carbocycles. The minimum Gasteiger partial charge on any atom is -0.304 e. The number of carbonyl (C=O) groups excluding carboxylic acids is 1. The Morgan fingerprint density at radius 1 is 1.09 bits per heavy atom. The first-order chi connectivity index (χ1) is 10.9. The van der Waals surface area contributed by atoms with E-state index < -0.39 is 0 Å². The number of carbonyl (C=O) groups is 1. The van der Waals surface area contributed by atoms with E-state index in [1.165, 1.54) is 19.4 Å². The molecule has 1 rings (SSSR count). The summed E-state index contributed by atoms with van der Waals surface area (Å²) in [6.45, 7) is 22.0. The molecule has 0 aliphatic rings. The van der Waals surface area contributed by atoms with E-state index >= 15 is 0 Å². The lowest BCUT2D eigenvalue weighted by Crippen LogP contribution is -1.77. The molecule has 0 aromatic heterocycles. The van der Waals surface area contributed by atoms with Crippen LogP contribution in [0.1, 0.15) is 81.2 Å². The van der Waals surface area contributed by atoms with Crippen molar-refractivity contribution in [1.82, 2.24) is 0 Å². The topological polar surface area (TPSA) is 17.1 Å². The predicted octanol–water partition coefficient (Wildman–Crippen LogP) is 8.23. The van der Waals surface area contributed by atoms with E-state index in [1.54, 1.807) is 12.1 Å². The molecule has 0 N–H and O–H groups in total. The van der Waals surface area contributed by atoms with Crippen LogP contribution >= 0.6 is 15.9 Å². The molecule has 0 saturated carbocycles. The lowest BCUT2D eigenvalue weighted by Gasteiger charge is -1.93. The first-order valence-electron chi connectivity index (χ1n) is 8.70. The van der Waals surface area contributed by atoms with Crippen LogP contribution < -0.4 is 0 Å². The normalized spacial score (nSPS) is 7.22. The average Bonchev–Trinajstić information content (AvgIpc) is 2.58. The van der Waals surface area contributed by atoms with Gasteiger partial charge in [0.25, 0.3) is 0 Å². The second-order valence-corrected chi connectivity index (χ2v) is 4.81. The molecule has 0 atom stereocenters. The number of benzene rings is 1. The molecule has 0 saturated heterocycles. The molecule has 0 bridgehead atoms. The van der Waals surface area contributed by atoms with E-state index in [0.29, 0.717) is 4.47 Å². The summed E-state index contributed by atoms with van der Waals surface area (Å²) in [6, 6.07) is 4.93. The summed E-state index contributed by atoms with van der Waals surface area (Å²) in [5.41, 5.74) is 1.06. The molecule has 0 amide bonds. The van der Waals surface area contributed by atoms with Gasteiger partial charge in [-0.3, -0.25) is 0 Å². The SMILES string of the molecule is CC.CC.CC.CC=O.CCC(C)C.Cc1ccc(F)c(Br)c1. The van der Waals surface area contributed by atoms with Crippen LogP contribution in [0.3, 0.4) is 0 Å². The molecular weight excluding hydrogens is 355 g/mol. The largest absolute Gasteiger partial charge is 0.304 e. The van der Waals surface area contributed by atoms with Crippen molar-refractivity contribution in [3.05, 3.63) is 34.1 Å². The Bertz CT molecular complexity index is 313. The Labute approximate surface area is 154 Å². The minimum atomic E-state index is -0.208. The monoisotopic (exact) mass is 394 g/mol. The van der Waals surface area contributed by atoms with Gasteiger partial charge in [0.15, 0.2) is 0 Å². The first-order valence-corrected chi connectivity index (χ1v) is 9.49. The zero-order valence-corrected chi connectivity index (χ0v) is 18.8. The quantitative estimate of drug-likeness (QED) is 0.438. The Kier molecular flexibility index (Phi) is 48.6. The van der Waals surface area contributed by atoms with Crippen LogP contribution in [-0.2, 0) is 4.79 Å². The fourth-order valence-corrected chi connectivity index (χ4v) is 1.09. The second-order valence-electron chi connectivity index (χ2n) is 3.96. The van der Waals surface area contributed by atoms with Crippen LogP contribution in [0.4, 0.5) is 4.39 Å². The third-order valence-corrected chi connectivity index (χ3v) is 2.50. The van der Waals surface area contributed by atoms with Crippen molar-refractivity contribution in [1.29, 1.82) is 0 Å². The van der Waals surface area contributed by atoms with Gasteiger partial charge in [-0.05, 0) is 53.4 Å². The number of aldehydes is 1. The molecule has 140 valence electrons. The van der Waals surface area contributed by atoms with E-state index in [-0.39, 0.29) is 5.82 Å². The van der Waals surface area contributed by atoms with Crippen LogP contribution in [-0.4, -0.2) is 6.29 Å². The lowest BCUT2D eigenvalue weighted by molar-refractivity contribution is -0.106. The van der Waals surface area contributed by atoms with Crippen molar-refractivity contribution in [2.45, 2.75) is 82.6 Å². The molecule has 0 aliphatic heterocycles. The van der Waals surface area contributed by atoms with Crippen LogP contribution in [0.15, 0.2) is 22.7 Å². The summed E-state index contributed by atoms with van der Waals surface area (Å²) in [5, 5.41) is 0.